The normalized spacial score (nSPS) is 12.1. The Bertz CT molecular complexity index is 2000. The molecule has 5 aromatic rings. The fraction of sp³-hybridized carbons (Fsp3) is 0.297. The van der Waals surface area contributed by atoms with E-state index in [9.17, 15) is 29.5 Å². The van der Waals surface area contributed by atoms with Gasteiger partial charge in [0, 0.05) is 24.9 Å². The number of hydrogen-bond donors (Lipinski definition) is 6. The van der Waals surface area contributed by atoms with Crippen molar-refractivity contribution in [2.24, 2.45) is 5.92 Å². The Morgan fingerprint density at radius 1 is 0.925 bits per heavy atom. The molecule has 0 saturated heterocycles. The van der Waals surface area contributed by atoms with Crippen LogP contribution in [-0.2, 0) is 45.1 Å². The predicted molar refractivity (Wildman–Crippen MR) is 194 cm³/mol. The van der Waals surface area contributed by atoms with Gasteiger partial charge in [0.15, 0.2) is 11.0 Å². The summed E-state index contributed by atoms with van der Waals surface area (Å²) in [5, 5.41) is 38.7. The summed E-state index contributed by atoms with van der Waals surface area (Å²) in [4.78, 5) is 54.9. The third-order valence-corrected chi connectivity index (χ3v) is 9.05. The molecular formula is C37H40ClN9O6. The molecule has 3 aromatic carbocycles. The largest absolute Gasteiger partial charge is 0.480 e. The summed E-state index contributed by atoms with van der Waals surface area (Å²) in [6, 6.07) is 23.0. The van der Waals surface area contributed by atoms with Crippen molar-refractivity contribution in [1.82, 2.24) is 46.3 Å². The van der Waals surface area contributed by atoms with Crippen molar-refractivity contribution in [3.05, 3.63) is 107 Å². The highest BCUT2D eigenvalue weighted by molar-refractivity contribution is 6.30. The Kier molecular flexibility index (Phi) is 13.4. The van der Waals surface area contributed by atoms with Crippen LogP contribution in [0.15, 0.2) is 78.9 Å². The third kappa shape index (κ3) is 10.1. The molecule has 0 radical (unpaired) electrons. The highest BCUT2D eigenvalue weighted by Crippen LogP contribution is 2.30. The Morgan fingerprint density at radius 2 is 1.64 bits per heavy atom. The minimum Gasteiger partial charge on any atom is -0.480 e. The number of tetrazole rings is 1. The topological polar surface area (TPSA) is 217 Å². The van der Waals surface area contributed by atoms with Crippen molar-refractivity contribution < 1.29 is 29.5 Å². The number of imidazole rings is 1. The Hall–Kier alpha value is -5.93. The van der Waals surface area contributed by atoms with Crippen LogP contribution in [0.5, 0.6) is 0 Å². The van der Waals surface area contributed by atoms with Crippen molar-refractivity contribution in [3.8, 4) is 22.5 Å². The fourth-order valence-corrected chi connectivity index (χ4v) is 6.15. The number of halogens is 1. The van der Waals surface area contributed by atoms with Crippen LogP contribution < -0.4 is 16.1 Å². The van der Waals surface area contributed by atoms with E-state index >= 15 is 0 Å². The van der Waals surface area contributed by atoms with E-state index in [0.717, 1.165) is 40.9 Å². The van der Waals surface area contributed by atoms with E-state index in [1.54, 1.807) is 30.3 Å². The quantitative estimate of drug-likeness (QED) is 0.0429. The van der Waals surface area contributed by atoms with Gasteiger partial charge in [0.05, 0.1) is 12.2 Å². The van der Waals surface area contributed by atoms with Gasteiger partial charge in [0.1, 0.15) is 17.8 Å². The SMILES string of the molecule is CCCCc1nc(Cl)c(CNC(=O)CCC(NC(=O)C(Cc2ccccc2)C(=O)NO)C(=O)O)n1Cc1ccc(-c2ccccc2-c2nnn[nH]2)cc1. The average molecular weight is 742 g/mol. The van der Waals surface area contributed by atoms with Crippen molar-refractivity contribution in [3.63, 3.8) is 0 Å². The molecule has 2 aromatic heterocycles. The number of aliphatic carboxylic acids is 1. The van der Waals surface area contributed by atoms with Gasteiger partial charge in [-0.15, -0.1) is 5.10 Å². The molecule has 0 aliphatic rings. The lowest BCUT2D eigenvalue weighted by molar-refractivity contribution is -0.146. The molecule has 0 saturated carbocycles. The summed E-state index contributed by atoms with van der Waals surface area (Å²) < 4.78 is 1.99. The zero-order chi connectivity index (χ0) is 37.7. The molecule has 16 heteroatoms. The number of unbranched alkanes of at least 4 members (excludes halogenated alkanes) is 1. The summed E-state index contributed by atoms with van der Waals surface area (Å²) in [6.45, 7) is 2.56. The van der Waals surface area contributed by atoms with Gasteiger partial charge in [-0.3, -0.25) is 19.6 Å². The highest BCUT2D eigenvalue weighted by Gasteiger charge is 2.31. The highest BCUT2D eigenvalue weighted by atomic mass is 35.5. The lowest BCUT2D eigenvalue weighted by Gasteiger charge is -2.19. The number of rotatable bonds is 18. The van der Waals surface area contributed by atoms with Gasteiger partial charge >= 0.3 is 5.97 Å². The van der Waals surface area contributed by atoms with E-state index in [2.05, 4.69) is 43.2 Å². The molecule has 5 rings (SSSR count). The van der Waals surface area contributed by atoms with Crippen molar-refractivity contribution >= 4 is 35.3 Å². The standard InChI is InChI=1S/C37H40ClN9O6/c1-2-3-13-31-41-33(38)30(47(31)22-24-14-16-25(17-15-24)26-11-7-8-12-27(26)34-42-45-46-43-34)21-39-32(48)19-18-29(37(51)52)40-35(49)28(36(50)44-53)20-23-9-5-4-6-10-23/h4-12,14-17,28-29,53H,2-3,13,18-22H2,1H3,(H,39,48)(H,40,49)(H,44,50)(H,51,52)(H,42,43,45,46). The molecule has 0 aliphatic heterocycles. The molecule has 0 fully saturated rings. The number of hydroxylamine groups is 1. The lowest BCUT2D eigenvalue weighted by atomic mass is 9.97. The first-order valence-electron chi connectivity index (χ1n) is 17.1. The van der Waals surface area contributed by atoms with E-state index in [1.807, 2.05) is 53.1 Å². The number of amides is 3. The maximum absolute atomic E-state index is 13.0. The second kappa shape index (κ2) is 18.5. The number of carboxylic acid groups (broad SMARTS) is 1. The smallest absolute Gasteiger partial charge is 0.326 e. The Morgan fingerprint density at radius 3 is 2.30 bits per heavy atom. The third-order valence-electron chi connectivity index (χ3n) is 8.74. The van der Waals surface area contributed by atoms with Gasteiger partial charge in [0.25, 0.3) is 5.91 Å². The predicted octanol–water partition coefficient (Wildman–Crippen LogP) is 4.10. The molecule has 2 heterocycles. The van der Waals surface area contributed by atoms with E-state index in [1.165, 1.54) is 5.48 Å². The lowest BCUT2D eigenvalue weighted by Crippen LogP contribution is -2.48. The average Bonchev–Trinajstić information content (AvgIpc) is 3.82. The summed E-state index contributed by atoms with van der Waals surface area (Å²) in [5.41, 5.74) is 6.48. The molecule has 53 heavy (non-hydrogen) atoms. The number of carbonyl (C=O) groups is 4. The summed E-state index contributed by atoms with van der Waals surface area (Å²) in [6.07, 6.45) is 1.96. The molecule has 0 bridgehead atoms. The number of nitrogens with zero attached hydrogens (tertiary/aromatic N) is 5. The summed E-state index contributed by atoms with van der Waals surface area (Å²) in [7, 11) is 0. The molecular weight excluding hydrogens is 702 g/mol. The van der Waals surface area contributed by atoms with Crippen LogP contribution in [0.2, 0.25) is 5.15 Å². The number of H-pyrrole nitrogens is 1. The first kappa shape index (κ1) is 38.3. The maximum atomic E-state index is 13.0. The van der Waals surface area contributed by atoms with Crippen LogP contribution >= 0.6 is 11.6 Å². The minimum absolute atomic E-state index is 0.0351. The van der Waals surface area contributed by atoms with Crippen LogP contribution in [0.4, 0.5) is 0 Å². The molecule has 3 amide bonds. The van der Waals surface area contributed by atoms with E-state index in [0.29, 0.717) is 30.0 Å². The molecule has 6 N–H and O–H groups in total. The monoisotopic (exact) mass is 741 g/mol. The van der Waals surface area contributed by atoms with Crippen LogP contribution in [0.3, 0.4) is 0 Å². The molecule has 2 atom stereocenters. The van der Waals surface area contributed by atoms with Crippen molar-refractivity contribution in [1.29, 1.82) is 0 Å². The van der Waals surface area contributed by atoms with Crippen LogP contribution in [-0.4, -0.2) is 70.2 Å². The molecule has 15 nitrogen and oxygen atoms in total. The van der Waals surface area contributed by atoms with Crippen LogP contribution in [0.1, 0.15) is 55.3 Å². The Labute approximate surface area is 310 Å². The van der Waals surface area contributed by atoms with Gasteiger partial charge < -0.3 is 20.3 Å². The van der Waals surface area contributed by atoms with Crippen molar-refractivity contribution in [2.45, 2.75) is 64.6 Å². The first-order chi connectivity index (χ1) is 25.7. The molecule has 2 unspecified atom stereocenters. The van der Waals surface area contributed by atoms with Crippen molar-refractivity contribution in [2.75, 3.05) is 0 Å². The number of hydrogen-bond acceptors (Lipinski definition) is 9. The number of benzene rings is 3. The summed E-state index contributed by atoms with van der Waals surface area (Å²) >= 11 is 6.62. The van der Waals surface area contributed by atoms with Gasteiger partial charge in [-0.1, -0.05) is 104 Å². The first-order valence-corrected chi connectivity index (χ1v) is 17.5. The zero-order valence-electron chi connectivity index (χ0n) is 29.0. The van der Waals surface area contributed by atoms with Gasteiger partial charge in [-0.2, -0.15) is 0 Å². The van der Waals surface area contributed by atoms with Crippen LogP contribution in [0, 0.1) is 5.92 Å². The number of carboxylic acids is 1. The number of aromatic amines is 1. The molecule has 0 spiro atoms. The molecule has 0 aliphatic carbocycles. The van der Waals surface area contributed by atoms with E-state index in [-0.39, 0.29) is 31.0 Å². The minimum atomic E-state index is -1.46. The number of aromatic nitrogens is 6. The maximum Gasteiger partial charge on any atom is 0.326 e. The van der Waals surface area contributed by atoms with Gasteiger partial charge in [0.2, 0.25) is 11.8 Å². The second-order valence-corrected chi connectivity index (χ2v) is 12.7. The van der Waals surface area contributed by atoms with Crippen LogP contribution in [0.25, 0.3) is 22.5 Å². The van der Waals surface area contributed by atoms with Gasteiger partial charge in [-0.05, 0) is 51.9 Å². The molecule has 276 valence electrons. The zero-order valence-corrected chi connectivity index (χ0v) is 29.7. The second-order valence-electron chi connectivity index (χ2n) is 12.4. The Balaban J connectivity index is 1.24. The van der Waals surface area contributed by atoms with Gasteiger partial charge in [-0.25, -0.2) is 20.4 Å². The van der Waals surface area contributed by atoms with E-state index in [4.69, 9.17) is 11.6 Å². The summed E-state index contributed by atoms with van der Waals surface area (Å²) in [5.74, 6) is -3.78. The van der Waals surface area contributed by atoms with E-state index < -0.39 is 35.7 Å². The number of nitrogens with one attached hydrogen (secondary N) is 4. The number of aryl methyl sites for hydroxylation is 1. The number of carbonyl (C=O) groups excluding carboxylic acids is 3. The fourth-order valence-electron chi connectivity index (χ4n) is 5.88.